The zero-order chi connectivity index (χ0) is 17.4. The molecule has 25 heavy (non-hydrogen) atoms. The third-order valence-corrected chi connectivity index (χ3v) is 4.61. The number of aromatic nitrogens is 2. The van der Waals surface area contributed by atoms with Crippen molar-refractivity contribution in [3.05, 3.63) is 88.8 Å². The van der Waals surface area contributed by atoms with Gasteiger partial charge in [-0.05, 0) is 60.4 Å². The highest BCUT2D eigenvalue weighted by molar-refractivity contribution is 6.30. The van der Waals surface area contributed by atoms with E-state index < -0.39 is 0 Å². The number of nitrogen functional groups attached to an aromatic ring is 1. The van der Waals surface area contributed by atoms with E-state index in [9.17, 15) is 0 Å². The Kier molecular flexibility index (Phi) is 3.94. The Morgan fingerprint density at radius 3 is 2.60 bits per heavy atom. The molecule has 0 spiro atoms. The van der Waals surface area contributed by atoms with E-state index in [1.807, 2.05) is 36.5 Å². The smallest absolute Gasteiger partial charge is 0.144 e. The first-order chi connectivity index (χ1) is 12.1. The van der Waals surface area contributed by atoms with Gasteiger partial charge in [0.25, 0.3) is 0 Å². The van der Waals surface area contributed by atoms with Crippen molar-refractivity contribution in [2.24, 2.45) is 0 Å². The number of rotatable bonds is 3. The molecule has 4 aromatic rings. The summed E-state index contributed by atoms with van der Waals surface area (Å²) >= 11 is 6.20. The molecule has 2 N–H and O–H groups in total. The number of pyridine rings is 1. The second-order valence-corrected chi connectivity index (χ2v) is 6.72. The molecule has 2 heterocycles. The Hall–Kier alpha value is -2.78. The molecule has 0 atom stereocenters. The summed E-state index contributed by atoms with van der Waals surface area (Å²) in [6.45, 7) is 2.06. The number of hydrogen-bond donors (Lipinski definition) is 1. The van der Waals surface area contributed by atoms with Gasteiger partial charge in [-0.3, -0.25) is 0 Å². The third kappa shape index (κ3) is 3.11. The van der Waals surface area contributed by atoms with Crippen molar-refractivity contribution in [2.75, 3.05) is 5.73 Å². The number of anilines is 1. The predicted molar refractivity (Wildman–Crippen MR) is 104 cm³/mol. The highest BCUT2D eigenvalue weighted by Gasteiger charge is 2.11. The minimum Gasteiger partial charge on any atom is -0.399 e. The largest absolute Gasteiger partial charge is 0.399 e. The van der Waals surface area contributed by atoms with Crippen molar-refractivity contribution in [2.45, 2.75) is 13.3 Å². The molecule has 124 valence electrons. The van der Waals surface area contributed by atoms with Gasteiger partial charge in [-0.25, -0.2) is 4.98 Å². The van der Waals surface area contributed by atoms with Crippen molar-refractivity contribution in [1.82, 2.24) is 9.38 Å². The lowest BCUT2D eigenvalue weighted by molar-refractivity contribution is 1.06. The van der Waals surface area contributed by atoms with Crippen LogP contribution in [0.2, 0.25) is 5.02 Å². The van der Waals surface area contributed by atoms with E-state index in [0.29, 0.717) is 0 Å². The molecule has 4 rings (SSSR count). The average Bonchev–Trinajstić information content (AvgIpc) is 2.98. The zero-order valence-corrected chi connectivity index (χ0v) is 14.7. The molecule has 0 fully saturated rings. The van der Waals surface area contributed by atoms with Crippen LogP contribution in [0.5, 0.6) is 0 Å². The molecule has 2 aromatic carbocycles. The van der Waals surface area contributed by atoms with Gasteiger partial charge in [0.1, 0.15) is 5.65 Å². The van der Waals surface area contributed by atoms with Gasteiger partial charge in [0.05, 0.1) is 0 Å². The molecule has 0 unspecified atom stereocenters. The molecule has 4 heteroatoms. The quantitative estimate of drug-likeness (QED) is 0.522. The highest BCUT2D eigenvalue weighted by Crippen LogP contribution is 2.29. The van der Waals surface area contributed by atoms with Gasteiger partial charge in [0.15, 0.2) is 0 Å². The van der Waals surface area contributed by atoms with Gasteiger partial charge < -0.3 is 10.1 Å². The predicted octanol–water partition coefficient (Wildman–Crippen LogP) is 5.14. The minimum absolute atomic E-state index is 0.725. The average molecular weight is 348 g/mol. The summed E-state index contributed by atoms with van der Waals surface area (Å²) in [6, 6.07) is 18.1. The van der Waals surface area contributed by atoms with E-state index >= 15 is 0 Å². The van der Waals surface area contributed by atoms with Crippen LogP contribution in [0.15, 0.2) is 67.0 Å². The van der Waals surface area contributed by atoms with Crippen LogP contribution in [-0.4, -0.2) is 9.38 Å². The second-order valence-electron chi connectivity index (χ2n) is 6.28. The van der Waals surface area contributed by atoms with Crippen LogP contribution in [-0.2, 0) is 6.42 Å². The first-order valence-corrected chi connectivity index (χ1v) is 8.55. The van der Waals surface area contributed by atoms with Gasteiger partial charge in [0, 0.05) is 34.4 Å². The van der Waals surface area contributed by atoms with Gasteiger partial charge in [-0.15, -0.1) is 0 Å². The summed E-state index contributed by atoms with van der Waals surface area (Å²) in [6.07, 6.45) is 4.89. The van der Waals surface area contributed by atoms with E-state index in [4.69, 9.17) is 17.3 Å². The standard InChI is InChI=1S/C21H18ClN3/c1-14-12-24-21-20(17-3-2-4-18(22)11-17)10-16(13-25(14)21)9-15-5-7-19(23)8-6-15/h2-8,10-13H,9,23H2,1H3. The fraction of sp³-hybridized carbons (Fsp3) is 0.0952. The van der Waals surface area contributed by atoms with Gasteiger partial charge in [0.2, 0.25) is 0 Å². The molecule has 0 aliphatic heterocycles. The Morgan fingerprint density at radius 2 is 1.84 bits per heavy atom. The molecule has 0 radical (unpaired) electrons. The molecule has 3 nitrogen and oxygen atoms in total. The maximum atomic E-state index is 6.20. The lowest BCUT2D eigenvalue weighted by atomic mass is 10.0. The lowest BCUT2D eigenvalue weighted by Crippen LogP contribution is -1.97. The van der Waals surface area contributed by atoms with Crippen LogP contribution in [0.25, 0.3) is 16.8 Å². The first kappa shape index (κ1) is 15.7. The van der Waals surface area contributed by atoms with Crippen LogP contribution in [0.1, 0.15) is 16.8 Å². The van der Waals surface area contributed by atoms with E-state index in [0.717, 1.165) is 39.6 Å². The number of hydrogen-bond acceptors (Lipinski definition) is 2. The number of nitrogens with zero attached hydrogens (tertiary/aromatic N) is 2. The number of benzene rings is 2. The van der Waals surface area contributed by atoms with Crippen LogP contribution in [0, 0.1) is 6.92 Å². The molecule has 0 saturated heterocycles. The maximum Gasteiger partial charge on any atom is 0.144 e. The normalized spacial score (nSPS) is 11.1. The number of halogens is 1. The van der Waals surface area contributed by atoms with E-state index in [1.54, 1.807) is 0 Å². The van der Waals surface area contributed by atoms with Crippen LogP contribution >= 0.6 is 11.6 Å². The van der Waals surface area contributed by atoms with Crippen molar-refractivity contribution in [3.63, 3.8) is 0 Å². The highest BCUT2D eigenvalue weighted by atomic mass is 35.5. The van der Waals surface area contributed by atoms with Crippen molar-refractivity contribution >= 4 is 22.9 Å². The fourth-order valence-electron chi connectivity index (χ4n) is 3.10. The summed E-state index contributed by atoms with van der Waals surface area (Å²) in [5, 5.41) is 0.725. The monoisotopic (exact) mass is 347 g/mol. The van der Waals surface area contributed by atoms with Crippen LogP contribution in [0.4, 0.5) is 5.69 Å². The number of imidazole rings is 1. The number of fused-ring (bicyclic) bond motifs is 1. The van der Waals surface area contributed by atoms with E-state index in [2.05, 4.69) is 46.8 Å². The molecule has 2 aromatic heterocycles. The Morgan fingerprint density at radius 1 is 1.04 bits per heavy atom. The second kappa shape index (κ2) is 6.26. The molecule has 0 aliphatic carbocycles. The van der Waals surface area contributed by atoms with E-state index in [-0.39, 0.29) is 0 Å². The lowest BCUT2D eigenvalue weighted by Gasteiger charge is -2.10. The molecular formula is C21H18ClN3. The third-order valence-electron chi connectivity index (χ3n) is 4.37. The fourth-order valence-corrected chi connectivity index (χ4v) is 3.29. The summed E-state index contributed by atoms with van der Waals surface area (Å²) in [7, 11) is 0. The summed E-state index contributed by atoms with van der Waals surface area (Å²) in [5.74, 6) is 0. The van der Waals surface area contributed by atoms with Crippen LogP contribution in [0.3, 0.4) is 0 Å². The van der Waals surface area contributed by atoms with Crippen molar-refractivity contribution < 1.29 is 0 Å². The topological polar surface area (TPSA) is 43.3 Å². The number of nitrogens with two attached hydrogens (primary N) is 1. The molecule has 0 aliphatic rings. The molecule has 0 bridgehead atoms. The van der Waals surface area contributed by atoms with Gasteiger partial charge >= 0.3 is 0 Å². The summed E-state index contributed by atoms with van der Waals surface area (Å²) in [4.78, 5) is 4.59. The van der Waals surface area contributed by atoms with Gasteiger partial charge in [-0.1, -0.05) is 35.9 Å². The summed E-state index contributed by atoms with van der Waals surface area (Å²) < 4.78 is 2.14. The zero-order valence-electron chi connectivity index (χ0n) is 13.9. The molecule has 0 amide bonds. The van der Waals surface area contributed by atoms with Gasteiger partial charge in [-0.2, -0.15) is 0 Å². The number of aryl methyl sites for hydroxylation is 1. The molecular weight excluding hydrogens is 330 g/mol. The summed E-state index contributed by atoms with van der Waals surface area (Å²) in [5.41, 5.74) is 13.2. The Labute approximate surface area is 151 Å². The van der Waals surface area contributed by atoms with Crippen LogP contribution < -0.4 is 5.73 Å². The maximum absolute atomic E-state index is 6.20. The Bertz CT molecular complexity index is 1050. The first-order valence-electron chi connectivity index (χ1n) is 8.17. The van der Waals surface area contributed by atoms with Crippen molar-refractivity contribution in [3.8, 4) is 11.1 Å². The minimum atomic E-state index is 0.725. The Balaban J connectivity index is 1.85. The van der Waals surface area contributed by atoms with Crippen molar-refractivity contribution in [1.29, 1.82) is 0 Å². The SMILES string of the molecule is Cc1cnc2c(-c3cccc(Cl)c3)cc(Cc3ccc(N)cc3)cn12. The van der Waals surface area contributed by atoms with E-state index in [1.165, 1.54) is 11.1 Å². The molecule has 0 saturated carbocycles.